The third-order valence-electron chi connectivity index (χ3n) is 3.96. The second-order valence-corrected chi connectivity index (χ2v) is 7.32. The van der Waals surface area contributed by atoms with Crippen LogP contribution in [0.4, 0.5) is 0 Å². The van der Waals surface area contributed by atoms with Crippen molar-refractivity contribution in [2.24, 2.45) is 5.73 Å². The number of nitrogens with one attached hydrogen (secondary N) is 1. The van der Waals surface area contributed by atoms with Crippen molar-refractivity contribution < 1.29 is 14.7 Å². The molecule has 0 saturated heterocycles. The Morgan fingerprint density at radius 2 is 2.15 bits per heavy atom. The number of carbonyl (C=O) groups is 2. The third kappa shape index (κ3) is 7.43. The zero-order chi connectivity index (χ0) is 19.5. The Balaban J connectivity index is 2.93. The van der Waals surface area contributed by atoms with E-state index in [-0.39, 0.29) is 11.9 Å². The number of carboxylic acids is 1. The van der Waals surface area contributed by atoms with E-state index in [2.05, 4.69) is 17.9 Å². The molecule has 1 aromatic carbocycles. The van der Waals surface area contributed by atoms with Gasteiger partial charge in [0.2, 0.25) is 0 Å². The van der Waals surface area contributed by atoms with E-state index in [9.17, 15) is 14.7 Å². The molecule has 0 aromatic heterocycles. The molecule has 0 saturated carbocycles. The van der Waals surface area contributed by atoms with Gasteiger partial charge in [0, 0.05) is 17.4 Å². The number of nitrogens with two attached hydrogens (primary N) is 1. The van der Waals surface area contributed by atoms with E-state index in [1.54, 1.807) is 11.8 Å². The van der Waals surface area contributed by atoms with Crippen LogP contribution in [0.5, 0.6) is 0 Å². The maximum Gasteiger partial charge on any atom is 0.326 e. The van der Waals surface area contributed by atoms with E-state index in [1.165, 1.54) is 0 Å². The average molecular weight is 397 g/mol. The number of carboxylic acid groups (broad SMARTS) is 1. The fourth-order valence-electron chi connectivity index (χ4n) is 2.44. The standard InChI is InChI=1S/C19H28N2O3S2/c1-3-14-8-7-13(5-4-6-15(20)12-25)11-16(14)18(22)21-17(19(23)24)9-10-26-2/h4,6-8,11,15,17,25H,3,5,9-10,12,20H2,1-2H3,(H,21,22)(H,23,24)/t15?,17-/m0/s1. The van der Waals surface area contributed by atoms with Crippen LogP contribution >= 0.6 is 24.4 Å². The van der Waals surface area contributed by atoms with Gasteiger partial charge in [0.25, 0.3) is 5.91 Å². The first-order chi connectivity index (χ1) is 12.4. The number of benzene rings is 1. The number of thioether (sulfide) groups is 1. The molecule has 26 heavy (non-hydrogen) atoms. The number of rotatable bonds is 11. The number of aryl methyl sites for hydroxylation is 1. The molecule has 0 aliphatic carbocycles. The summed E-state index contributed by atoms with van der Waals surface area (Å²) in [6, 6.07) is 4.77. The van der Waals surface area contributed by atoms with Crippen molar-refractivity contribution in [2.45, 2.75) is 38.3 Å². The van der Waals surface area contributed by atoms with Gasteiger partial charge < -0.3 is 16.2 Å². The largest absolute Gasteiger partial charge is 0.480 e. The van der Waals surface area contributed by atoms with Crippen LogP contribution in [-0.2, 0) is 17.6 Å². The molecule has 0 spiro atoms. The Morgan fingerprint density at radius 1 is 1.42 bits per heavy atom. The molecule has 5 nitrogen and oxygen atoms in total. The smallest absolute Gasteiger partial charge is 0.326 e. The van der Waals surface area contributed by atoms with Gasteiger partial charge in [0.05, 0.1) is 0 Å². The summed E-state index contributed by atoms with van der Waals surface area (Å²) in [6.45, 7) is 1.97. The molecule has 144 valence electrons. The molecule has 1 unspecified atom stereocenters. The highest BCUT2D eigenvalue weighted by Crippen LogP contribution is 2.15. The molecule has 1 rings (SSSR count). The minimum absolute atomic E-state index is 0.0937. The summed E-state index contributed by atoms with van der Waals surface area (Å²) in [5, 5.41) is 12.0. The highest BCUT2D eigenvalue weighted by Gasteiger charge is 2.21. The first kappa shape index (κ1) is 22.6. The van der Waals surface area contributed by atoms with Crippen molar-refractivity contribution in [1.29, 1.82) is 0 Å². The highest BCUT2D eigenvalue weighted by atomic mass is 32.2. The van der Waals surface area contributed by atoms with Crippen LogP contribution in [0.2, 0.25) is 0 Å². The molecule has 0 heterocycles. The molecule has 2 atom stereocenters. The first-order valence-corrected chi connectivity index (χ1v) is 10.6. The Hall–Kier alpha value is -1.44. The SMILES string of the molecule is CCc1ccc(CC=CC(N)CS)cc1C(=O)N[C@@H](CCSC)C(=O)O. The molecule has 4 N–H and O–H groups in total. The number of carbonyl (C=O) groups excluding carboxylic acids is 1. The van der Waals surface area contributed by atoms with Crippen molar-refractivity contribution in [3.63, 3.8) is 0 Å². The molecular weight excluding hydrogens is 368 g/mol. The highest BCUT2D eigenvalue weighted by molar-refractivity contribution is 7.98. The van der Waals surface area contributed by atoms with E-state index in [1.807, 2.05) is 43.5 Å². The molecule has 7 heteroatoms. The van der Waals surface area contributed by atoms with E-state index < -0.39 is 12.0 Å². The van der Waals surface area contributed by atoms with E-state index in [0.29, 0.717) is 36.3 Å². The second kappa shape index (κ2) is 12.0. The molecule has 1 aromatic rings. The van der Waals surface area contributed by atoms with E-state index in [4.69, 9.17) is 5.73 Å². The predicted octanol–water partition coefficient (Wildman–Crippen LogP) is 2.54. The van der Waals surface area contributed by atoms with Crippen LogP contribution in [0, 0.1) is 0 Å². The van der Waals surface area contributed by atoms with Gasteiger partial charge in [-0.05, 0) is 48.5 Å². The molecule has 0 bridgehead atoms. The second-order valence-electron chi connectivity index (χ2n) is 5.97. The number of amides is 1. The van der Waals surface area contributed by atoms with Crippen LogP contribution in [0.15, 0.2) is 30.4 Å². The average Bonchev–Trinajstić information content (AvgIpc) is 2.64. The van der Waals surface area contributed by atoms with Crippen molar-refractivity contribution in [2.75, 3.05) is 17.8 Å². The Kier molecular flexibility index (Phi) is 10.5. The lowest BCUT2D eigenvalue weighted by molar-refractivity contribution is -0.139. The van der Waals surface area contributed by atoms with Gasteiger partial charge in [0.15, 0.2) is 0 Å². The summed E-state index contributed by atoms with van der Waals surface area (Å²) in [6.07, 6.45) is 7.51. The van der Waals surface area contributed by atoms with Crippen LogP contribution in [0.25, 0.3) is 0 Å². The van der Waals surface area contributed by atoms with Crippen LogP contribution < -0.4 is 11.1 Å². The number of allylic oxidation sites excluding steroid dienone is 1. The van der Waals surface area contributed by atoms with Gasteiger partial charge in [-0.3, -0.25) is 4.79 Å². The zero-order valence-corrected chi connectivity index (χ0v) is 17.0. The maximum atomic E-state index is 12.7. The van der Waals surface area contributed by atoms with Crippen molar-refractivity contribution in [3.8, 4) is 0 Å². The molecule has 1 amide bonds. The van der Waals surface area contributed by atoms with E-state index >= 15 is 0 Å². The van der Waals surface area contributed by atoms with Crippen molar-refractivity contribution in [3.05, 3.63) is 47.0 Å². The normalized spacial score (nSPS) is 13.5. The van der Waals surface area contributed by atoms with E-state index in [0.717, 1.165) is 11.1 Å². The van der Waals surface area contributed by atoms with Crippen LogP contribution in [0.3, 0.4) is 0 Å². The summed E-state index contributed by atoms with van der Waals surface area (Å²) in [5.41, 5.74) is 8.21. The lowest BCUT2D eigenvalue weighted by Gasteiger charge is -2.16. The summed E-state index contributed by atoms with van der Waals surface area (Å²) in [7, 11) is 0. The number of hydrogen-bond donors (Lipinski definition) is 4. The summed E-state index contributed by atoms with van der Waals surface area (Å²) in [5.74, 6) is -0.0989. The predicted molar refractivity (Wildman–Crippen MR) is 112 cm³/mol. The minimum atomic E-state index is -1.01. The van der Waals surface area contributed by atoms with Gasteiger partial charge in [-0.1, -0.05) is 31.2 Å². The first-order valence-electron chi connectivity index (χ1n) is 8.60. The summed E-state index contributed by atoms with van der Waals surface area (Å²) in [4.78, 5) is 24.0. The summed E-state index contributed by atoms with van der Waals surface area (Å²) < 4.78 is 0. The van der Waals surface area contributed by atoms with Gasteiger partial charge in [0.1, 0.15) is 6.04 Å². The topological polar surface area (TPSA) is 92.4 Å². The summed E-state index contributed by atoms with van der Waals surface area (Å²) >= 11 is 5.69. The van der Waals surface area contributed by atoms with Crippen molar-refractivity contribution >= 4 is 36.3 Å². The van der Waals surface area contributed by atoms with Crippen LogP contribution in [0.1, 0.15) is 34.8 Å². The Morgan fingerprint density at radius 3 is 2.73 bits per heavy atom. The maximum absolute atomic E-state index is 12.7. The quantitative estimate of drug-likeness (QED) is 0.341. The molecule has 0 aliphatic heterocycles. The lowest BCUT2D eigenvalue weighted by Crippen LogP contribution is -2.41. The fourth-order valence-corrected chi connectivity index (χ4v) is 3.03. The number of thiol groups is 1. The van der Waals surface area contributed by atoms with Gasteiger partial charge in [-0.25, -0.2) is 4.79 Å². The van der Waals surface area contributed by atoms with Gasteiger partial charge in [-0.2, -0.15) is 24.4 Å². The van der Waals surface area contributed by atoms with Crippen LogP contribution in [-0.4, -0.2) is 46.8 Å². The molecule has 0 fully saturated rings. The Labute approximate surface area is 165 Å². The minimum Gasteiger partial charge on any atom is -0.480 e. The fraction of sp³-hybridized carbons (Fsp3) is 0.474. The third-order valence-corrected chi connectivity index (χ3v) is 5.03. The lowest BCUT2D eigenvalue weighted by atomic mass is 9.99. The number of aliphatic carboxylic acids is 1. The number of hydrogen-bond acceptors (Lipinski definition) is 5. The van der Waals surface area contributed by atoms with Gasteiger partial charge >= 0.3 is 5.97 Å². The van der Waals surface area contributed by atoms with Crippen molar-refractivity contribution in [1.82, 2.24) is 5.32 Å². The van der Waals surface area contributed by atoms with Gasteiger partial charge in [-0.15, -0.1) is 0 Å². The molecule has 0 aliphatic rings. The molecular formula is C19H28N2O3S2. The Bertz CT molecular complexity index is 635. The molecule has 0 radical (unpaired) electrons. The zero-order valence-electron chi connectivity index (χ0n) is 15.3. The monoisotopic (exact) mass is 396 g/mol.